The summed E-state index contributed by atoms with van der Waals surface area (Å²) in [5, 5.41) is 0. The molecule has 0 aromatic heterocycles. The van der Waals surface area contributed by atoms with E-state index in [0.29, 0.717) is 16.7 Å². The molecule has 0 spiro atoms. The van der Waals surface area contributed by atoms with Gasteiger partial charge in [-0.15, -0.1) is 0 Å². The summed E-state index contributed by atoms with van der Waals surface area (Å²) in [6.07, 6.45) is -2.54. The average molecular weight is 325 g/mol. The smallest absolute Gasteiger partial charge is 0.370 e. The number of rotatable bonds is 2. The van der Waals surface area contributed by atoms with Gasteiger partial charge in [-0.2, -0.15) is 13.1 Å². The molecule has 1 unspecified atom stereocenters. The maximum Gasteiger partial charge on any atom is 0.383 e. The lowest BCUT2D eigenvalue weighted by molar-refractivity contribution is 0.151. The van der Waals surface area contributed by atoms with Crippen molar-refractivity contribution in [2.24, 2.45) is 0 Å². The van der Waals surface area contributed by atoms with Gasteiger partial charge in [0.05, 0.1) is 6.04 Å². The van der Waals surface area contributed by atoms with Crippen molar-refractivity contribution in [2.75, 3.05) is 0 Å². The van der Waals surface area contributed by atoms with Gasteiger partial charge in [-0.3, -0.25) is 0 Å². The summed E-state index contributed by atoms with van der Waals surface area (Å²) >= 11 is 0. The quantitative estimate of drug-likeness (QED) is 0.918. The molecule has 7 heteroatoms. The minimum absolute atomic E-state index is 0.0860. The molecule has 3 rings (SSSR count). The third-order valence-corrected chi connectivity index (χ3v) is 4.53. The molecule has 0 fully saturated rings. The Labute approximate surface area is 127 Å². The van der Waals surface area contributed by atoms with E-state index >= 15 is 0 Å². The maximum absolute atomic E-state index is 12.6. The molecule has 1 aliphatic rings. The lowest BCUT2D eigenvalue weighted by atomic mass is 9.98. The van der Waals surface area contributed by atoms with Crippen molar-refractivity contribution >= 4 is 10.3 Å². The van der Waals surface area contributed by atoms with Gasteiger partial charge >= 0.3 is 10.3 Å². The molecule has 0 bridgehead atoms. The molecule has 0 aliphatic carbocycles. The molecule has 116 valence electrons. The first-order valence-corrected chi connectivity index (χ1v) is 8.01. The lowest BCUT2D eigenvalue weighted by Crippen LogP contribution is -2.35. The van der Waals surface area contributed by atoms with Gasteiger partial charge in [0.1, 0.15) is 0 Å². The predicted octanol–water partition coefficient (Wildman–Crippen LogP) is 3.58. The van der Waals surface area contributed by atoms with E-state index in [1.807, 2.05) is 0 Å². The summed E-state index contributed by atoms with van der Waals surface area (Å²) in [6.45, 7) is 1.71. The van der Waals surface area contributed by atoms with Crippen molar-refractivity contribution < 1.29 is 21.4 Å². The molecule has 1 atom stereocenters. The van der Waals surface area contributed by atoms with E-state index in [1.165, 1.54) is 24.3 Å². The fraction of sp³-hybridized carbons (Fsp3) is 0.200. The molecular formula is C15H13F2NO3S. The Hall–Kier alpha value is -1.99. The van der Waals surface area contributed by atoms with Crippen LogP contribution in [0.4, 0.5) is 8.78 Å². The Morgan fingerprint density at radius 1 is 1.14 bits per heavy atom. The molecule has 1 aliphatic heterocycles. The second-order valence-electron chi connectivity index (χ2n) is 5.02. The SMILES string of the molecule is CC1NS(=O)(=O)Oc2c(-c3ccc(C(F)F)cc3)cccc21. The first-order chi connectivity index (χ1) is 10.4. The molecule has 0 saturated heterocycles. The Morgan fingerprint density at radius 2 is 1.82 bits per heavy atom. The van der Waals surface area contributed by atoms with Crippen LogP contribution in [0.3, 0.4) is 0 Å². The van der Waals surface area contributed by atoms with Crippen LogP contribution in [0.1, 0.15) is 30.5 Å². The normalized spacial score (nSPS) is 19.5. The molecule has 2 aromatic carbocycles. The number of benzene rings is 2. The van der Waals surface area contributed by atoms with Crippen LogP contribution in [0.25, 0.3) is 11.1 Å². The van der Waals surface area contributed by atoms with Gasteiger partial charge in [-0.05, 0) is 12.5 Å². The molecule has 0 radical (unpaired) electrons. The second-order valence-corrected chi connectivity index (χ2v) is 6.33. The van der Waals surface area contributed by atoms with E-state index in [4.69, 9.17) is 4.18 Å². The highest BCUT2D eigenvalue weighted by Crippen LogP contribution is 2.39. The Kier molecular flexibility index (Phi) is 3.62. The van der Waals surface area contributed by atoms with Crippen LogP contribution in [-0.4, -0.2) is 8.42 Å². The number of halogens is 2. The summed E-state index contributed by atoms with van der Waals surface area (Å²) < 4.78 is 56.1. The van der Waals surface area contributed by atoms with E-state index in [1.54, 1.807) is 25.1 Å². The highest BCUT2D eigenvalue weighted by molar-refractivity contribution is 7.85. The van der Waals surface area contributed by atoms with E-state index < -0.39 is 22.8 Å². The number of hydrogen-bond acceptors (Lipinski definition) is 3. The third kappa shape index (κ3) is 2.69. The van der Waals surface area contributed by atoms with E-state index in [2.05, 4.69) is 4.72 Å². The van der Waals surface area contributed by atoms with Gasteiger partial charge in [0.25, 0.3) is 6.43 Å². The summed E-state index contributed by atoms with van der Waals surface area (Å²) in [5.41, 5.74) is 1.78. The first kappa shape index (κ1) is 14.9. The number of para-hydroxylation sites is 1. The van der Waals surface area contributed by atoms with Gasteiger partial charge < -0.3 is 4.18 Å². The zero-order chi connectivity index (χ0) is 15.9. The highest BCUT2D eigenvalue weighted by atomic mass is 32.2. The highest BCUT2D eigenvalue weighted by Gasteiger charge is 2.29. The predicted molar refractivity (Wildman–Crippen MR) is 77.9 cm³/mol. The van der Waals surface area contributed by atoms with Crippen LogP contribution in [0.5, 0.6) is 5.75 Å². The van der Waals surface area contributed by atoms with Crippen LogP contribution in [0, 0.1) is 0 Å². The van der Waals surface area contributed by atoms with Crippen molar-refractivity contribution in [3.8, 4) is 16.9 Å². The topological polar surface area (TPSA) is 55.4 Å². The maximum atomic E-state index is 12.6. The second kappa shape index (κ2) is 5.33. The molecule has 1 heterocycles. The van der Waals surface area contributed by atoms with E-state index in [9.17, 15) is 17.2 Å². The summed E-state index contributed by atoms with van der Waals surface area (Å²) in [7, 11) is -3.87. The number of alkyl halides is 2. The Morgan fingerprint density at radius 3 is 2.45 bits per heavy atom. The molecule has 22 heavy (non-hydrogen) atoms. The molecule has 0 saturated carbocycles. The van der Waals surface area contributed by atoms with Crippen LogP contribution in [-0.2, 0) is 10.3 Å². The zero-order valence-corrected chi connectivity index (χ0v) is 12.4. The van der Waals surface area contributed by atoms with Crippen LogP contribution in [0.2, 0.25) is 0 Å². The fourth-order valence-corrected chi connectivity index (χ4v) is 3.45. The lowest BCUT2D eigenvalue weighted by Gasteiger charge is -2.25. The van der Waals surface area contributed by atoms with E-state index in [0.717, 1.165) is 0 Å². The minimum atomic E-state index is -3.87. The van der Waals surface area contributed by atoms with Gasteiger partial charge in [0, 0.05) is 16.7 Å². The Balaban J connectivity index is 2.11. The number of nitrogens with one attached hydrogen (secondary N) is 1. The van der Waals surface area contributed by atoms with Gasteiger partial charge in [-0.25, -0.2) is 8.78 Å². The molecule has 0 amide bonds. The number of fused-ring (bicyclic) bond motifs is 1. The van der Waals surface area contributed by atoms with Crippen molar-refractivity contribution in [1.82, 2.24) is 4.72 Å². The van der Waals surface area contributed by atoms with Gasteiger partial charge in [0.2, 0.25) is 0 Å². The standard InChI is InChI=1S/C15H13F2NO3S/c1-9-12-3-2-4-13(14(12)21-22(19,20)18-9)10-5-7-11(8-6-10)15(16)17/h2-9,15,18H,1H3. The fourth-order valence-electron chi connectivity index (χ4n) is 2.44. The third-order valence-electron chi connectivity index (χ3n) is 3.50. The minimum Gasteiger partial charge on any atom is -0.370 e. The average Bonchev–Trinajstić information content (AvgIpc) is 2.46. The summed E-state index contributed by atoms with van der Waals surface area (Å²) in [6, 6.07) is 10.5. The first-order valence-electron chi connectivity index (χ1n) is 6.60. The van der Waals surface area contributed by atoms with Crippen molar-refractivity contribution in [3.63, 3.8) is 0 Å². The summed E-state index contributed by atoms with van der Waals surface area (Å²) in [5.74, 6) is 0.235. The molecule has 4 nitrogen and oxygen atoms in total. The Bertz CT molecular complexity index is 804. The van der Waals surface area contributed by atoms with Crippen LogP contribution < -0.4 is 8.91 Å². The zero-order valence-electron chi connectivity index (χ0n) is 11.6. The summed E-state index contributed by atoms with van der Waals surface area (Å²) in [4.78, 5) is 0. The van der Waals surface area contributed by atoms with E-state index in [-0.39, 0.29) is 11.3 Å². The van der Waals surface area contributed by atoms with Crippen LogP contribution >= 0.6 is 0 Å². The van der Waals surface area contributed by atoms with Crippen molar-refractivity contribution in [3.05, 3.63) is 53.6 Å². The largest absolute Gasteiger partial charge is 0.383 e. The molecule has 1 N–H and O–H groups in total. The van der Waals surface area contributed by atoms with Gasteiger partial charge in [-0.1, -0.05) is 42.5 Å². The van der Waals surface area contributed by atoms with Crippen molar-refractivity contribution in [1.29, 1.82) is 0 Å². The monoisotopic (exact) mass is 325 g/mol. The van der Waals surface area contributed by atoms with Crippen molar-refractivity contribution in [2.45, 2.75) is 19.4 Å². The van der Waals surface area contributed by atoms with Gasteiger partial charge in [0.15, 0.2) is 5.75 Å². The number of hydrogen-bond donors (Lipinski definition) is 1. The molecular weight excluding hydrogens is 312 g/mol. The van der Waals surface area contributed by atoms with Crippen LogP contribution in [0.15, 0.2) is 42.5 Å². The molecule has 2 aromatic rings.